The van der Waals surface area contributed by atoms with Gasteiger partial charge in [-0.15, -0.1) is 10.2 Å². The lowest BCUT2D eigenvalue weighted by Gasteiger charge is -2.00. The molecule has 4 rings (SSSR count). The van der Waals surface area contributed by atoms with Crippen molar-refractivity contribution in [3.05, 3.63) is 57.2 Å². The van der Waals surface area contributed by atoms with Crippen LogP contribution < -0.4 is 10.9 Å². The highest BCUT2D eigenvalue weighted by atomic mass is 32.2. The third-order valence-electron chi connectivity index (χ3n) is 3.22. The quantitative estimate of drug-likeness (QED) is 0.508. The van der Waals surface area contributed by atoms with Gasteiger partial charge in [0.2, 0.25) is 10.1 Å². The second kappa shape index (κ2) is 7.09. The zero-order valence-electron chi connectivity index (χ0n) is 13.3. The van der Waals surface area contributed by atoms with Gasteiger partial charge in [-0.3, -0.25) is 4.79 Å². The van der Waals surface area contributed by atoms with Crippen molar-refractivity contribution in [3.8, 4) is 0 Å². The van der Waals surface area contributed by atoms with Crippen molar-refractivity contribution in [2.45, 2.75) is 17.0 Å². The van der Waals surface area contributed by atoms with E-state index in [1.165, 1.54) is 57.1 Å². The van der Waals surface area contributed by atoms with Crippen LogP contribution >= 0.6 is 34.4 Å². The van der Waals surface area contributed by atoms with Gasteiger partial charge in [0.1, 0.15) is 10.8 Å². The summed E-state index contributed by atoms with van der Waals surface area (Å²) in [6.45, 7) is 1.83. The lowest BCUT2D eigenvalue weighted by Crippen LogP contribution is -2.15. The first kappa shape index (κ1) is 17.1. The van der Waals surface area contributed by atoms with Crippen LogP contribution in [0, 0.1) is 12.7 Å². The summed E-state index contributed by atoms with van der Waals surface area (Å²) in [5.41, 5.74) is 1.08. The molecule has 0 spiro atoms. The fourth-order valence-corrected chi connectivity index (χ4v) is 4.60. The van der Waals surface area contributed by atoms with Crippen LogP contribution in [0.15, 0.2) is 39.5 Å². The summed E-state index contributed by atoms with van der Waals surface area (Å²) in [6, 6.07) is 7.62. The van der Waals surface area contributed by atoms with Gasteiger partial charge < -0.3 is 5.32 Å². The first-order valence-electron chi connectivity index (χ1n) is 7.42. The van der Waals surface area contributed by atoms with E-state index in [9.17, 15) is 9.18 Å². The molecule has 1 aromatic carbocycles. The van der Waals surface area contributed by atoms with E-state index in [2.05, 4.69) is 25.6 Å². The molecule has 1 N–H and O–H groups in total. The summed E-state index contributed by atoms with van der Waals surface area (Å²) < 4.78 is 15.2. The Morgan fingerprint density at radius 2 is 2.15 bits per heavy atom. The van der Waals surface area contributed by atoms with Gasteiger partial charge in [0.15, 0.2) is 4.34 Å². The van der Waals surface area contributed by atoms with E-state index < -0.39 is 0 Å². The highest BCUT2D eigenvalue weighted by Gasteiger charge is 2.10. The molecular weight excluding hydrogens is 395 g/mol. The topological polar surface area (TPSA) is 85.1 Å². The molecule has 0 bridgehead atoms. The number of fused-ring (bicyclic) bond motifs is 1. The van der Waals surface area contributed by atoms with E-state index in [0.717, 1.165) is 9.35 Å². The maximum absolute atomic E-state index is 13.2. The number of hydrogen-bond acceptors (Lipinski definition) is 9. The normalized spacial score (nSPS) is 11.2. The van der Waals surface area contributed by atoms with E-state index in [-0.39, 0.29) is 11.4 Å². The van der Waals surface area contributed by atoms with Gasteiger partial charge in [0.05, 0.1) is 5.69 Å². The molecule has 3 heterocycles. The van der Waals surface area contributed by atoms with Gasteiger partial charge in [0, 0.05) is 17.5 Å². The number of aryl methyl sites for hydroxylation is 1. The summed E-state index contributed by atoms with van der Waals surface area (Å²) in [6.07, 6.45) is 0. The zero-order valence-corrected chi connectivity index (χ0v) is 15.8. The molecule has 4 aromatic rings. The molecule has 7 nitrogen and oxygen atoms in total. The minimum atomic E-state index is -0.319. The fraction of sp³-hybridized carbons (Fsp3) is 0.133. The Labute approximate surface area is 159 Å². The van der Waals surface area contributed by atoms with Gasteiger partial charge in [-0.25, -0.2) is 9.37 Å². The summed E-state index contributed by atoms with van der Waals surface area (Å²) in [7, 11) is 0. The van der Waals surface area contributed by atoms with E-state index in [1.807, 2.05) is 6.92 Å². The number of aromatic nitrogens is 5. The summed E-state index contributed by atoms with van der Waals surface area (Å²) in [5, 5.41) is 16.6. The van der Waals surface area contributed by atoms with Crippen LogP contribution in [0.25, 0.3) is 4.96 Å². The van der Waals surface area contributed by atoms with Crippen LogP contribution in [0.2, 0.25) is 0 Å². The third-order valence-corrected chi connectivity index (χ3v) is 6.05. The lowest BCUT2D eigenvalue weighted by molar-refractivity contribution is 0.628. The standard InChI is InChI=1S/C15H11FN6OS3/c1-8-21-22-12(23)6-11(18-14(22)25-8)7-24-15-20-19-13(26-15)17-10-4-2-3-9(16)5-10/h2-6H,7H2,1H3,(H,17,19). The SMILES string of the molecule is Cc1nn2c(=O)cc(CSc3nnc(Nc4cccc(F)c4)s3)nc2s1. The molecule has 0 saturated heterocycles. The van der Waals surface area contributed by atoms with E-state index >= 15 is 0 Å². The Hall–Kier alpha value is -2.37. The molecule has 132 valence electrons. The number of anilines is 2. The minimum Gasteiger partial charge on any atom is -0.330 e. The van der Waals surface area contributed by atoms with Crippen LogP contribution in [-0.2, 0) is 5.75 Å². The third kappa shape index (κ3) is 3.74. The van der Waals surface area contributed by atoms with E-state index in [4.69, 9.17) is 0 Å². The van der Waals surface area contributed by atoms with Crippen molar-refractivity contribution in [3.63, 3.8) is 0 Å². The largest absolute Gasteiger partial charge is 0.330 e. The highest BCUT2D eigenvalue weighted by Crippen LogP contribution is 2.29. The van der Waals surface area contributed by atoms with Gasteiger partial charge in [-0.05, 0) is 25.1 Å². The summed E-state index contributed by atoms with van der Waals surface area (Å²) in [5.74, 6) is 0.178. The van der Waals surface area contributed by atoms with Crippen molar-refractivity contribution < 1.29 is 4.39 Å². The monoisotopic (exact) mass is 406 g/mol. The lowest BCUT2D eigenvalue weighted by atomic mass is 10.3. The second-order valence-electron chi connectivity index (χ2n) is 5.20. The Morgan fingerprint density at radius 3 is 3.00 bits per heavy atom. The number of halogens is 1. The van der Waals surface area contributed by atoms with E-state index in [1.54, 1.807) is 12.1 Å². The number of nitrogens with one attached hydrogen (secondary N) is 1. The number of thioether (sulfide) groups is 1. The highest BCUT2D eigenvalue weighted by molar-refractivity contribution is 8.00. The molecule has 11 heteroatoms. The van der Waals surface area contributed by atoms with Crippen LogP contribution in [0.5, 0.6) is 0 Å². The van der Waals surface area contributed by atoms with Gasteiger partial charge >= 0.3 is 0 Å². The Morgan fingerprint density at radius 1 is 1.27 bits per heavy atom. The van der Waals surface area contributed by atoms with Crippen LogP contribution in [0.4, 0.5) is 15.2 Å². The van der Waals surface area contributed by atoms with Crippen molar-refractivity contribution in [1.82, 2.24) is 24.8 Å². The molecule has 0 aliphatic carbocycles. The molecule has 0 aliphatic rings. The van der Waals surface area contributed by atoms with Crippen molar-refractivity contribution in [2.24, 2.45) is 0 Å². The number of nitrogens with zero attached hydrogens (tertiary/aromatic N) is 5. The van der Waals surface area contributed by atoms with Crippen molar-refractivity contribution >= 4 is 50.2 Å². The summed E-state index contributed by atoms with van der Waals surface area (Å²) >= 11 is 4.16. The smallest absolute Gasteiger partial charge is 0.275 e. The fourth-order valence-electron chi connectivity index (χ4n) is 2.17. The van der Waals surface area contributed by atoms with Crippen LogP contribution in [0.3, 0.4) is 0 Å². The zero-order chi connectivity index (χ0) is 18.1. The molecule has 0 aliphatic heterocycles. The summed E-state index contributed by atoms with van der Waals surface area (Å²) in [4.78, 5) is 17.1. The van der Waals surface area contributed by atoms with Gasteiger partial charge in [-0.2, -0.15) is 9.61 Å². The predicted octanol–water partition coefficient (Wildman–Crippen LogP) is 3.49. The number of hydrogen-bond donors (Lipinski definition) is 1. The Balaban J connectivity index is 1.45. The molecule has 0 amide bonds. The van der Waals surface area contributed by atoms with Crippen LogP contribution in [0.1, 0.15) is 10.7 Å². The van der Waals surface area contributed by atoms with Gasteiger partial charge in [0.25, 0.3) is 5.56 Å². The molecule has 0 atom stereocenters. The van der Waals surface area contributed by atoms with Crippen molar-refractivity contribution in [2.75, 3.05) is 5.32 Å². The Bertz CT molecular complexity index is 1140. The van der Waals surface area contributed by atoms with Crippen molar-refractivity contribution in [1.29, 1.82) is 0 Å². The average Bonchev–Trinajstić information content (AvgIpc) is 3.19. The number of rotatable bonds is 5. The van der Waals surface area contributed by atoms with Crippen LogP contribution in [-0.4, -0.2) is 24.8 Å². The second-order valence-corrected chi connectivity index (χ2v) is 8.56. The first-order valence-corrected chi connectivity index (χ1v) is 10.0. The molecule has 0 radical (unpaired) electrons. The Kier molecular flexibility index (Phi) is 4.66. The predicted molar refractivity (Wildman–Crippen MR) is 101 cm³/mol. The molecule has 3 aromatic heterocycles. The van der Waals surface area contributed by atoms with Gasteiger partial charge in [-0.1, -0.05) is 40.5 Å². The maximum Gasteiger partial charge on any atom is 0.275 e. The molecule has 0 saturated carbocycles. The maximum atomic E-state index is 13.2. The molecular formula is C15H11FN6OS3. The first-order chi connectivity index (χ1) is 12.6. The average molecular weight is 406 g/mol. The number of benzene rings is 1. The molecule has 0 fully saturated rings. The minimum absolute atomic E-state index is 0.194. The molecule has 0 unspecified atom stereocenters. The van der Waals surface area contributed by atoms with E-state index in [0.29, 0.717) is 27.2 Å². The molecule has 26 heavy (non-hydrogen) atoms.